The molecule has 3 atom stereocenters. The van der Waals surface area contributed by atoms with Gasteiger partial charge in [0.1, 0.15) is 5.65 Å². The Labute approximate surface area is 143 Å². The third-order valence-corrected chi connectivity index (χ3v) is 6.09. The lowest BCUT2D eigenvalue weighted by molar-refractivity contribution is -0.141. The van der Waals surface area contributed by atoms with Crippen LogP contribution < -0.4 is 0 Å². The molecule has 2 aromatic rings. The standard InChI is InChI=1S/C20H27N3O/c1-14-8-9-15-5-2-3-7-18(15)23(14)19(24)11-10-16-13-22-20-17(16)6-4-12-21-20/h4,6,12-15,18H,2-3,5,7-11H2,1H3,(H,21,22). The number of hydrogen-bond acceptors (Lipinski definition) is 2. The van der Waals surface area contributed by atoms with Gasteiger partial charge in [0.05, 0.1) is 0 Å². The zero-order valence-electron chi connectivity index (χ0n) is 14.5. The minimum atomic E-state index is 0.345. The van der Waals surface area contributed by atoms with Crippen molar-refractivity contribution in [3.8, 4) is 0 Å². The number of aromatic nitrogens is 2. The van der Waals surface area contributed by atoms with Gasteiger partial charge in [0, 0.05) is 36.3 Å². The average molecular weight is 325 g/mol. The summed E-state index contributed by atoms with van der Waals surface area (Å²) in [5.41, 5.74) is 2.12. The molecule has 0 bridgehead atoms. The van der Waals surface area contributed by atoms with E-state index < -0.39 is 0 Å². The molecule has 128 valence electrons. The molecule has 3 heterocycles. The van der Waals surface area contributed by atoms with Crippen LogP contribution in [0.5, 0.6) is 0 Å². The fraction of sp³-hybridized carbons (Fsp3) is 0.600. The number of hydrogen-bond donors (Lipinski definition) is 1. The molecule has 3 unspecified atom stereocenters. The number of nitrogens with zero attached hydrogens (tertiary/aromatic N) is 2. The molecule has 4 nitrogen and oxygen atoms in total. The normalized spacial score (nSPS) is 27.2. The second-order valence-electron chi connectivity index (χ2n) is 7.55. The van der Waals surface area contributed by atoms with Crippen molar-refractivity contribution in [2.45, 2.75) is 70.4 Å². The number of fused-ring (bicyclic) bond motifs is 2. The fourth-order valence-electron chi connectivity index (χ4n) is 4.83. The number of pyridine rings is 1. The zero-order valence-corrected chi connectivity index (χ0v) is 14.5. The molecular formula is C20H27N3O. The van der Waals surface area contributed by atoms with E-state index in [2.05, 4.69) is 27.9 Å². The molecule has 0 aromatic carbocycles. The quantitative estimate of drug-likeness (QED) is 0.925. The second kappa shape index (κ2) is 6.58. The molecule has 1 saturated carbocycles. The first-order chi connectivity index (χ1) is 11.7. The topological polar surface area (TPSA) is 49.0 Å². The number of carbonyl (C=O) groups excluding carboxylic acids is 1. The van der Waals surface area contributed by atoms with Gasteiger partial charge in [0.2, 0.25) is 5.91 Å². The van der Waals surface area contributed by atoms with Crippen LogP contribution in [0.4, 0.5) is 0 Å². The van der Waals surface area contributed by atoms with Gasteiger partial charge < -0.3 is 9.88 Å². The molecule has 1 aliphatic heterocycles. The van der Waals surface area contributed by atoms with E-state index in [0.717, 1.165) is 23.4 Å². The van der Waals surface area contributed by atoms with Crippen molar-refractivity contribution in [2.24, 2.45) is 5.92 Å². The predicted molar refractivity (Wildman–Crippen MR) is 95.7 cm³/mol. The molecule has 1 amide bonds. The summed E-state index contributed by atoms with van der Waals surface area (Å²) in [6.45, 7) is 2.23. The number of amides is 1. The Kier molecular flexibility index (Phi) is 4.30. The van der Waals surface area contributed by atoms with Crippen molar-refractivity contribution >= 4 is 16.9 Å². The van der Waals surface area contributed by atoms with E-state index in [1.807, 2.05) is 12.3 Å². The smallest absolute Gasteiger partial charge is 0.223 e. The molecule has 1 aliphatic carbocycles. The molecule has 2 fully saturated rings. The number of H-pyrrole nitrogens is 1. The number of rotatable bonds is 3. The Bertz CT molecular complexity index is 722. The Hall–Kier alpha value is -1.84. The maximum atomic E-state index is 13.0. The summed E-state index contributed by atoms with van der Waals surface area (Å²) >= 11 is 0. The third kappa shape index (κ3) is 2.83. The summed E-state index contributed by atoms with van der Waals surface area (Å²) in [5.74, 6) is 1.09. The molecule has 2 aliphatic rings. The van der Waals surface area contributed by atoms with Crippen LogP contribution in [0.3, 0.4) is 0 Å². The minimum Gasteiger partial charge on any atom is -0.346 e. The molecule has 4 heteroatoms. The van der Waals surface area contributed by atoms with Crippen LogP contribution in [0.25, 0.3) is 11.0 Å². The van der Waals surface area contributed by atoms with E-state index in [1.54, 1.807) is 6.20 Å². The van der Waals surface area contributed by atoms with Gasteiger partial charge in [-0.05, 0) is 62.6 Å². The second-order valence-corrected chi connectivity index (χ2v) is 7.55. The number of likely N-dealkylation sites (tertiary alicyclic amines) is 1. The molecule has 0 radical (unpaired) electrons. The van der Waals surface area contributed by atoms with E-state index in [-0.39, 0.29) is 0 Å². The van der Waals surface area contributed by atoms with Gasteiger partial charge in [0.15, 0.2) is 0 Å². The van der Waals surface area contributed by atoms with Gasteiger partial charge in [0.25, 0.3) is 0 Å². The highest BCUT2D eigenvalue weighted by molar-refractivity contribution is 5.81. The first kappa shape index (κ1) is 15.7. The average Bonchev–Trinajstić information content (AvgIpc) is 3.03. The highest BCUT2D eigenvalue weighted by Gasteiger charge is 2.38. The molecule has 1 saturated heterocycles. The Morgan fingerprint density at radius 2 is 2.17 bits per heavy atom. The first-order valence-electron chi connectivity index (χ1n) is 9.46. The summed E-state index contributed by atoms with van der Waals surface area (Å²) in [6.07, 6.45) is 12.8. The monoisotopic (exact) mass is 325 g/mol. The lowest BCUT2D eigenvalue weighted by Gasteiger charge is -2.47. The zero-order chi connectivity index (χ0) is 16.5. The molecule has 0 spiro atoms. The van der Waals surface area contributed by atoms with Crippen LogP contribution in [0.2, 0.25) is 0 Å². The van der Waals surface area contributed by atoms with Gasteiger partial charge in [-0.25, -0.2) is 4.98 Å². The van der Waals surface area contributed by atoms with Crippen molar-refractivity contribution in [1.82, 2.24) is 14.9 Å². The highest BCUT2D eigenvalue weighted by atomic mass is 16.2. The van der Waals surface area contributed by atoms with Crippen molar-refractivity contribution in [3.05, 3.63) is 30.1 Å². The lowest BCUT2D eigenvalue weighted by Crippen LogP contribution is -2.53. The van der Waals surface area contributed by atoms with Crippen LogP contribution in [0.1, 0.15) is 57.4 Å². The highest BCUT2D eigenvalue weighted by Crippen LogP contribution is 2.38. The number of piperidine rings is 1. The van der Waals surface area contributed by atoms with E-state index in [1.165, 1.54) is 44.1 Å². The Morgan fingerprint density at radius 1 is 1.29 bits per heavy atom. The molecule has 1 N–H and O–H groups in total. The minimum absolute atomic E-state index is 0.345. The number of aryl methyl sites for hydroxylation is 1. The van der Waals surface area contributed by atoms with Gasteiger partial charge in [-0.15, -0.1) is 0 Å². The van der Waals surface area contributed by atoms with E-state index in [9.17, 15) is 4.79 Å². The van der Waals surface area contributed by atoms with Crippen molar-refractivity contribution < 1.29 is 4.79 Å². The summed E-state index contributed by atoms with van der Waals surface area (Å²) in [6, 6.07) is 4.95. The predicted octanol–water partition coefficient (Wildman–Crippen LogP) is 4.07. The van der Waals surface area contributed by atoms with Crippen LogP contribution in [-0.2, 0) is 11.2 Å². The summed E-state index contributed by atoms with van der Waals surface area (Å²) in [5, 5.41) is 1.15. The van der Waals surface area contributed by atoms with Crippen molar-refractivity contribution in [3.63, 3.8) is 0 Å². The van der Waals surface area contributed by atoms with E-state index >= 15 is 0 Å². The van der Waals surface area contributed by atoms with E-state index in [0.29, 0.717) is 24.4 Å². The molecular weight excluding hydrogens is 298 g/mol. The van der Waals surface area contributed by atoms with Crippen molar-refractivity contribution in [2.75, 3.05) is 0 Å². The van der Waals surface area contributed by atoms with Gasteiger partial charge in [-0.3, -0.25) is 4.79 Å². The molecule has 24 heavy (non-hydrogen) atoms. The number of carbonyl (C=O) groups is 1. The summed E-state index contributed by atoms with van der Waals surface area (Å²) in [4.78, 5) is 22.8. The fourth-order valence-corrected chi connectivity index (χ4v) is 4.83. The SMILES string of the molecule is CC1CCC2CCCCC2N1C(=O)CCc1c[nH]c2ncccc12. The maximum Gasteiger partial charge on any atom is 0.223 e. The number of aromatic amines is 1. The Morgan fingerprint density at radius 3 is 3.08 bits per heavy atom. The molecule has 4 rings (SSSR count). The maximum absolute atomic E-state index is 13.0. The largest absolute Gasteiger partial charge is 0.346 e. The van der Waals surface area contributed by atoms with Crippen LogP contribution in [-0.4, -0.2) is 32.9 Å². The lowest BCUT2D eigenvalue weighted by atomic mass is 9.76. The van der Waals surface area contributed by atoms with Gasteiger partial charge in [-0.1, -0.05) is 12.8 Å². The van der Waals surface area contributed by atoms with Crippen LogP contribution in [0, 0.1) is 5.92 Å². The van der Waals surface area contributed by atoms with E-state index in [4.69, 9.17) is 0 Å². The van der Waals surface area contributed by atoms with Crippen LogP contribution >= 0.6 is 0 Å². The molecule has 2 aromatic heterocycles. The number of nitrogens with one attached hydrogen (secondary N) is 1. The van der Waals surface area contributed by atoms with Crippen molar-refractivity contribution in [1.29, 1.82) is 0 Å². The van der Waals surface area contributed by atoms with Crippen LogP contribution in [0.15, 0.2) is 24.5 Å². The summed E-state index contributed by atoms with van der Waals surface area (Å²) in [7, 11) is 0. The summed E-state index contributed by atoms with van der Waals surface area (Å²) < 4.78 is 0. The van der Waals surface area contributed by atoms with Gasteiger partial charge in [-0.2, -0.15) is 0 Å². The third-order valence-electron chi connectivity index (χ3n) is 6.09. The Balaban J connectivity index is 1.46. The van der Waals surface area contributed by atoms with Gasteiger partial charge >= 0.3 is 0 Å². The first-order valence-corrected chi connectivity index (χ1v) is 9.46.